The number of carbonyl (C=O) groups is 1. The number of aliphatic hydroxyl groups excluding tert-OH is 1. The highest BCUT2D eigenvalue weighted by atomic mass is 16.3. The zero-order chi connectivity index (χ0) is 15.4. The molecular weight excluding hydrogens is 236 g/mol. The van der Waals surface area contributed by atoms with Crippen LogP contribution in [0.5, 0.6) is 0 Å². The van der Waals surface area contributed by atoms with E-state index in [0.29, 0.717) is 5.57 Å². The van der Waals surface area contributed by atoms with Crippen LogP contribution in [0, 0.1) is 0 Å². The van der Waals surface area contributed by atoms with E-state index in [0.717, 1.165) is 5.56 Å². The lowest BCUT2D eigenvalue weighted by Crippen LogP contribution is -2.19. The van der Waals surface area contributed by atoms with Gasteiger partial charge in [0.15, 0.2) is 0 Å². The standard InChI is InChI=1S/C11H8O2.3C2H6/c1-7-10(12)9(11(7)13)8-5-3-2-4-6-8;3*1-2/h2-6,12H,1H2;3*1-2H3. The van der Waals surface area contributed by atoms with E-state index in [4.69, 9.17) is 0 Å². The SMILES string of the molecule is C=C1C(=O)C(c2ccccc2)=C1O.CC.CC.CC. The largest absolute Gasteiger partial charge is 0.506 e. The lowest BCUT2D eigenvalue weighted by atomic mass is 9.85. The van der Waals surface area contributed by atoms with Gasteiger partial charge in [0.2, 0.25) is 5.78 Å². The van der Waals surface area contributed by atoms with Crippen molar-refractivity contribution < 1.29 is 9.90 Å². The predicted molar refractivity (Wildman–Crippen MR) is 84.2 cm³/mol. The van der Waals surface area contributed by atoms with Crippen LogP contribution in [-0.2, 0) is 4.79 Å². The molecule has 1 aromatic carbocycles. The van der Waals surface area contributed by atoms with Crippen molar-refractivity contribution in [2.45, 2.75) is 41.5 Å². The molecule has 19 heavy (non-hydrogen) atoms. The van der Waals surface area contributed by atoms with Crippen molar-refractivity contribution >= 4 is 11.4 Å². The van der Waals surface area contributed by atoms with Crippen molar-refractivity contribution in [3.05, 3.63) is 53.8 Å². The Kier molecular flexibility index (Phi) is 11.6. The lowest BCUT2D eigenvalue weighted by Gasteiger charge is -2.19. The number of hydrogen-bond acceptors (Lipinski definition) is 2. The third kappa shape index (κ3) is 4.74. The summed E-state index contributed by atoms with van der Waals surface area (Å²) in [5.74, 6) is -0.139. The van der Waals surface area contributed by atoms with E-state index in [2.05, 4.69) is 6.58 Å². The lowest BCUT2D eigenvalue weighted by molar-refractivity contribution is -0.111. The van der Waals surface area contributed by atoms with Gasteiger partial charge >= 0.3 is 0 Å². The molecule has 1 aliphatic rings. The van der Waals surface area contributed by atoms with Crippen LogP contribution in [0.15, 0.2) is 48.2 Å². The number of rotatable bonds is 1. The number of aliphatic hydroxyl groups is 1. The second kappa shape index (κ2) is 11.3. The average Bonchev–Trinajstić information content (AvgIpc) is 2.54. The Morgan fingerprint density at radius 2 is 1.32 bits per heavy atom. The molecule has 0 radical (unpaired) electrons. The zero-order valence-corrected chi connectivity index (χ0v) is 12.9. The first-order valence-electron chi connectivity index (χ1n) is 6.94. The second-order valence-corrected chi connectivity index (χ2v) is 2.90. The van der Waals surface area contributed by atoms with Crippen LogP contribution in [0.1, 0.15) is 47.1 Å². The fourth-order valence-electron chi connectivity index (χ4n) is 1.33. The summed E-state index contributed by atoms with van der Waals surface area (Å²) in [6, 6.07) is 9.08. The Morgan fingerprint density at radius 1 is 0.895 bits per heavy atom. The molecule has 2 nitrogen and oxygen atoms in total. The third-order valence-electron chi connectivity index (χ3n) is 2.09. The fraction of sp³-hybridized carbons (Fsp3) is 0.353. The highest BCUT2D eigenvalue weighted by Crippen LogP contribution is 2.34. The third-order valence-corrected chi connectivity index (χ3v) is 2.09. The minimum absolute atomic E-state index is 0.0243. The van der Waals surface area contributed by atoms with Gasteiger partial charge in [-0.3, -0.25) is 4.79 Å². The Morgan fingerprint density at radius 3 is 1.68 bits per heavy atom. The Labute approximate surface area is 117 Å². The van der Waals surface area contributed by atoms with Gasteiger partial charge in [0.1, 0.15) is 5.76 Å². The van der Waals surface area contributed by atoms with Crippen LogP contribution in [-0.4, -0.2) is 10.9 Å². The van der Waals surface area contributed by atoms with Gasteiger partial charge in [-0.05, 0) is 5.56 Å². The van der Waals surface area contributed by atoms with E-state index in [1.807, 2.05) is 59.7 Å². The van der Waals surface area contributed by atoms with Crippen LogP contribution < -0.4 is 0 Å². The molecule has 1 N–H and O–H groups in total. The molecule has 1 aliphatic carbocycles. The van der Waals surface area contributed by atoms with Crippen molar-refractivity contribution in [1.82, 2.24) is 0 Å². The molecule has 0 fully saturated rings. The van der Waals surface area contributed by atoms with Gasteiger partial charge in [-0.1, -0.05) is 78.5 Å². The van der Waals surface area contributed by atoms with Crippen LogP contribution in [0.2, 0.25) is 0 Å². The molecule has 0 aliphatic heterocycles. The highest BCUT2D eigenvalue weighted by Gasteiger charge is 2.32. The van der Waals surface area contributed by atoms with Gasteiger partial charge in [0.05, 0.1) is 11.1 Å². The summed E-state index contributed by atoms with van der Waals surface area (Å²) >= 11 is 0. The molecule has 0 amide bonds. The van der Waals surface area contributed by atoms with Crippen molar-refractivity contribution in [3.8, 4) is 0 Å². The van der Waals surface area contributed by atoms with Crippen molar-refractivity contribution in [1.29, 1.82) is 0 Å². The van der Waals surface area contributed by atoms with Crippen molar-refractivity contribution in [2.24, 2.45) is 0 Å². The molecule has 0 saturated carbocycles. The number of benzene rings is 1. The summed E-state index contributed by atoms with van der Waals surface area (Å²) in [4.78, 5) is 11.3. The predicted octanol–water partition coefficient (Wildman–Crippen LogP) is 5.17. The summed E-state index contributed by atoms with van der Waals surface area (Å²) in [6.07, 6.45) is 0. The summed E-state index contributed by atoms with van der Waals surface area (Å²) in [5.41, 5.74) is 1.34. The molecule has 2 rings (SSSR count). The molecule has 1 aromatic rings. The van der Waals surface area contributed by atoms with Gasteiger partial charge in [0, 0.05) is 0 Å². The first-order valence-corrected chi connectivity index (χ1v) is 6.94. The summed E-state index contributed by atoms with van der Waals surface area (Å²) in [7, 11) is 0. The minimum atomic E-state index is -0.163. The molecular formula is C17H26O2. The quantitative estimate of drug-likeness (QED) is 0.709. The maximum Gasteiger partial charge on any atom is 0.200 e. The fourth-order valence-corrected chi connectivity index (χ4v) is 1.33. The topological polar surface area (TPSA) is 37.3 Å². The molecule has 0 aromatic heterocycles. The molecule has 0 atom stereocenters. The van der Waals surface area contributed by atoms with E-state index in [-0.39, 0.29) is 17.1 Å². The van der Waals surface area contributed by atoms with E-state index in [1.165, 1.54) is 0 Å². The summed E-state index contributed by atoms with van der Waals surface area (Å²) in [5, 5.41) is 9.36. The summed E-state index contributed by atoms with van der Waals surface area (Å²) < 4.78 is 0. The van der Waals surface area contributed by atoms with E-state index in [9.17, 15) is 9.90 Å². The van der Waals surface area contributed by atoms with E-state index in [1.54, 1.807) is 12.1 Å². The van der Waals surface area contributed by atoms with Crippen molar-refractivity contribution in [3.63, 3.8) is 0 Å². The average molecular weight is 262 g/mol. The number of carbonyl (C=O) groups excluding carboxylic acids is 1. The van der Waals surface area contributed by atoms with E-state index >= 15 is 0 Å². The molecule has 106 valence electrons. The van der Waals surface area contributed by atoms with Gasteiger partial charge in [-0.25, -0.2) is 0 Å². The van der Waals surface area contributed by atoms with E-state index < -0.39 is 0 Å². The molecule has 0 saturated heterocycles. The Bertz CT molecular complexity index is 414. The van der Waals surface area contributed by atoms with Crippen LogP contribution in [0.25, 0.3) is 5.57 Å². The van der Waals surface area contributed by atoms with Gasteiger partial charge in [-0.2, -0.15) is 0 Å². The van der Waals surface area contributed by atoms with Crippen LogP contribution in [0.4, 0.5) is 0 Å². The smallest absolute Gasteiger partial charge is 0.200 e. The second-order valence-electron chi connectivity index (χ2n) is 2.90. The van der Waals surface area contributed by atoms with Crippen molar-refractivity contribution in [2.75, 3.05) is 0 Å². The molecule has 0 heterocycles. The number of allylic oxidation sites excluding steroid dienone is 2. The molecule has 0 unspecified atom stereocenters. The zero-order valence-electron chi connectivity index (χ0n) is 12.9. The minimum Gasteiger partial charge on any atom is -0.506 e. The van der Waals surface area contributed by atoms with Gasteiger partial charge in [0.25, 0.3) is 0 Å². The van der Waals surface area contributed by atoms with Gasteiger partial charge < -0.3 is 5.11 Å². The first-order chi connectivity index (χ1) is 9.22. The first kappa shape index (κ1) is 19.5. The maximum absolute atomic E-state index is 11.3. The Balaban J connectivity index is 0. The van der Waals surface area contributed by atoms with Gasteiger partial charge in [-0.15, -0.1) is 0 Å². The molecule has 0 bridgehead atoms. The normalized spacial score (nSPS) is 11.9. The number of ketones is 1. The van der Waals surface area contributed by atoms with Crippen LogP contribution >= 0.6 is 0 Å². The number of Topliss-reactive ketones (excluding diaryl/α,β-unsaturated/α-hetero) is 1. The maximum atomic E-state index is 11.3. The van der Waals surface area contributed by atoms with Crippen LogP contribution in [0.3, 0.4) is 0 Å². The Hall–Kier alpha value is -1.83. The monoisotopic (exact) mass is 262 g/mol. The summed E-state index contributed by atoms with van der Waals surface area (Å²) in [6.45, 7) is 15.4. The molecule has 0 spiro atoms. The highest BCUT2D eigenvalue weighted by molar-refractivity contribution is 6.38. The molecule has 2 heteroatoms. The number of hydrogen-bond donors (Lipinski definition) is 1.